The predicted molar refractivity (Wildman–Crippen MR) is 83.6 cm³/mol. The molecule has 0 fully saturated rings. The summed E-state index contributed by atoms with van der Waals surface area (Å²) in [5.41, 5.74) is -0.166. The summed E-state index contributed by atoms with van der Waals surface area (Å²) in [6.45, 7) is 0. The zero-order valence-corrected chi connectivity index (χ0v) is 12.9. The lowest BCUT2D eigenvalue weighted by Crippen LogP contribution is -2.20. The van der Waals surface area contributed by atoms with E-state index in [1.165, 1.54) is 26.4 Å². The van der Waals surface area contributed by atoms with Crippen molar-refractivity contribution in [3.8, 4) is 11.5 Å². The molecule has 2 amide bonds. The van der Waals surface area contributed by atoms with E-state index in [9.17, 15) is 18.0 Å². The molecule has 24 heavy (non-hydrogen) atoms. The van der Waals surface area contributed by atoms with Crippen molar-refractivity contribution in [3.05, 3.63) is 48.0 Å². The molecule has 2 aromatic carbocycles. The van der Waals surface area contributed by atoms with Gasteiger partial charge in [0.1, 0.15) is 11.5 Å². The second kappa shape index (κ2) is 7.12. The first-order valence-corrected chi connectivity index (χ1v) is 6.81. The number of rotatable bonds is 4. The summed E-state index contributed by atoms with van der Waals surface area (Å²) in [5, 5.41) is 5.00. The van der Waals surface area contributed by atoms with Crippen LogP contribution in [0.3, 0.4) is 0 Å². The highest BCUT2D eigenvalue weighted by Gasteiger charge is 2.29. The highest BCUT2D eigenvalue weighted by Crippen LogP contribution is 2.30. The molecule has 2 aromatic rings. The molecule has 8 heteroatoms. The maximum absolute atomic E-state index is 12.5. The maximum Gasteiger partial charge on any atom is 0.416 e. The first-order valence-electron chi connectivity index (χ1n) is 6.81. The van der Waals surface area contributed by atoms with Gasteiger partial charge >= 0.3 is 12.2 Å². The number of benzene rings is 2. The molecule has 0 spiro atoms. The largest absolute Gasteiger partial charge is 0.497 e. The smallest absolute Gasteiger partial charge is 0.416 e. The number of hydrogen-bond acceptors (Lipinski definition) is 3. The molecule has 0 radical (unpaired) electrons. The van der Waals surface area contributed by atoms with Crippen molar-refractivity contribution in [1.82, 2.24) is 0 Å². The molecule has 2 rings (SSSR count). The first-order chi connectivity index (χ1) is 11.3. The van der Waals surface area contributed by atoms with E-state index in [2.05, 4.69) is 10.6 Å². The summed E-state index contributed by atoms with van der Waals surface area (Å²) in [6, 6.07) is 8.33. The van der Waals surface area contributed by atoms with Gasteiger partial charge in [0.15, 0.2) is 0 Å². The van der Waals surface area contributed by atoms with Crippen LogP contribution in [-0.4, -0.2) is 20.3 Å². The minimum Gasteiger partial charge on any atom is -0.497 e. The number of carbonyl (C=O) groups excluding carboxylic acids is 1. The minimum absolute atomic E-state index is 0.230. The van der Waals surface area contributed by atoms with Crippen LogP contribution in [-0.2, 0) is 6.18 Å². The van der Waals surface area contributed by atoms with Crippen LogP contribution in [0, 0.1) is 0 Å². The van der Waals surface area contributed by atoms with Gasteiger partial charge in [-0.2, -0.15) is 13.2 Å². The standard InChI is InChI=1S/C16H15F3N2O3/c1-23-12-7-8-13(14(9-12)24-2)21-15(22)20-11-5-3-10(4-6-11)16(17,18)19/h3-9H,1-2H3,(H2,20,21,22). The van der Waals surface area contributed by atoms with Crippen molar-refractivity contribution >= 4 is 17.4 Å². The van der Waals surface area contributed by atoms with Crippen LogP contribution in [0.2, 0.25) is 0 Å². The van der Waals surface area contributed by atoms with Gasteiger partial charge in [0.2, 0.25) is 0 Å². The predicted octanol–water partition coefficient (Wildman–Crippen LogP) is 4.37. The molecule has 0 bridgehead atoms. The number of amides is 2. The lowest BCUT2D eigenvalue weighted by molar-refractivity contribution is -0.137. The number of urea groups is 1. The van der Waals surface area contributed by atoms with Crippen LogP contribution >= 0.6 is 0 Å². The SMILES string of the molecule is COc1ccc(NC(=O)Nc2ccc(C(F)(F)F)cc2)c(OC)c1. The number of ether oxygens (including phenoxy) is 2. The second-order valence-electron chi connectivity index (χ2n) is 4.72. The number of halogens is 3. The Kier molecular flexibility index (Phi) is 5.18. The van der Waals surface area contributed by atoms with Gasteiger partial charge in [-0.3, -0.25) is 0 Å². The van der Waals surface area contributed by atoms with Crippen molar-refractivity contribution in [2.45, 2.75) is 6.18 Å². The summed E-state index contributed by atoms with van der Waals surface area (Å²) in [7, 11) is 2.94. The topological polar surface area (TPSA) is 59.6 Å². The number of alkyl halides is 3. The van der Waals surface area contributed by atoms with E-state index in [4.69, 9.17) is 9.47 Å². The van der Waals surface area contributed by atoms with E-state index >= 15 is 0 Å². The lowest BCUT2D eigenvalue weighted by atomic mass is 10.2. The molecule has 0 aliphatic carbocycles. The maximum atomic E-state index is 12.5. The van der Waals surface area contributed by atoms with Gasteiger partial charge in [-0.05, 0) is 36.4 Å². The molecule has 0 atom stereocenters. The highest BCUT2D eigenvalue weighted by molar-refractivity contribution is 6.00. The Morgan fingerprint density at radius 3 is 2.17 bits per heavy atom. The van der Waals surface area contributed by atoms with Crippen molar-refractivity contribution in [2.75, 3.05) is 24.9 Å². The van der Waals surface area contributed by atoms with E-state index in [1.54, 1.807) is 18.2 Å². The van der Waals surface area contributed by atoms with E-state index < -0.39 is 17.8 Å². The number of methoxy groups -OCH3 is 2. The average Bonchev–Trinajstić information content (AvgIpc) is 2.54. The number of hydrogen-bond donors (Lipinski definition) is 2. The van der Waals surface area contributed by atoms with Gasteiger partial charge in [-0.25, -0.2) is 4.79 Å². The van der Waals surface area contributed by atoms with Gasteiger partial charge in [0.25, 0.3) is 0 Å². The van der Waals surface area contributed by atoms with E-state index in [0.717, 1.165) is 12.1 Å². The summed E-state index contributed by atoms with van der Waals surface area (Å²) in [6.07, 6.45) is -4.42. The van der Waals surface area contributed by atoms with Crippen LogP contribution in [0.1, 0.15) is 5.56 Å². The summed E-state index contributed by atoms with van der Waals surface area (Å²) < 4.78 is 47.7. The lowest BCUT2D eigenvalue weighted by Gasteiger charge is -2.13. The van der Waals surface area contributed by atoms with Gasteiger partial charge in [-0.15, -0.1) is 0 Å². The zero-order valence-electron chi connectivity index (χ0n) is 12.9. The molecule has 0 aromatic heterocycles. The van der Waals surface area contributed by atoms with Crippen molar-refractivity contribution in [3.63, 3.8) is 0 Å². The van der Waals surface area contributed by atoms with Crippen LogP contribution in [0.4, 0.5) is 29.3 Å². The summed E-state index contributed by atoms with van der Waals surface area (Å²) in [4.78, 5) is 12.0. The third-order valence-corrected chi connectivity index (χ3v) is 3.13. The zero-order chi connectivity index (χ0) is 17.7. The van der Waals surface area contributed by atoms with E-state index in [1.807, 2.05) is 0 Å². The van der Waals surface area contributed by atoms with Crippen LogP contribution in [0.15, 0.2) is 42.5 Å². The molecule has 0 aliphatic heterocycles. The Labute approximate surface area is 136 Å². The highest BCUT2D eigenvalue weighted by atomic mass is 19.4. The monoisotopic (exact) mass is 340 g/mol. The Morgan fingerprint density at radius 2 is 1.62 bits per heavy atom. The Bertz CT molecular complexity index is 715. The first kappa shape index (κ1) is 17.5. The fourth-order valence-corrected chi connectivity index (χ4v) is 1.93. The molecule has 128 valence electrons. The Hall–Kier alpha value is -2.90. The Morgan fingerprint density at radius 1 is 0.958 bits per heavy atom. The van der Waals surface area contributed by atoms with E-state index in [-0.39, 0.29) is 5.69 Å². The molecule has 5 nitrogen and oxygen atoms in total. The van der Waals surface area contributed by atoms with Gasteiger partial charge in [0, 0.05) is 11.8 Å². The number of nitrogens with one attached hydrogen (secondary N) is 2. The summed E-state index contributed by atoms with van der Waals surface area (Å²) >= 11 is 0. The normalized spacial score (nSPS) is 10.9. The van der Waals surface area contributed by atoms with Gasteiger partial charge in [0.05, 0.1) is 25.5 Å². The second-order valence-corrected chi connectivity index (χ2v) is 4.72. The molecule has 0 aliphatic rings. The molecule has 0 heterocycles. The van der Waals surface area contributed by atoms with Gasteiger partial charge in [-0.1, -0.05) is 0 Å². The van der Waals surface area contributed by atoms with Crippen molar-refractivity contribution < 1.29 is 27.4 Å². The molecule has 0 unspecified atom stereocenters. The average molecular weight is 340 g/mol. The summed E-state index contributed by atoms with van der Waals surface area (Å²) in [5.74, 6) is 0.942. The molecule has 0 saturated carbocycles. The van der Waals surface area contributed by atoms with E-state index in [0.29, 0.717) is 17.2 Å². The quantitative estimate of drug-likeness (QED) is 0.869. The fraction of sp³-hybridized carbons (Fsp3) is 0.188. The molecular weight excluding hydrogens is 325 g/mol. The molecule has 2 N–H and O–H groups in total. The van der Waals surface area contributed by atoms with Crippen molar-refractivity contribution in [2.24, 2.45) is 0 Å². The fourth-order valence-electron chi connectivity index (χ4n) is 1.93. The third-order valence-electron chi connectivity index (χ3n) is 3.13. The Balaban J connectivity index is 2.06. The van der Waals surface area contributed by atoms with Crippen LogP contribution in [0.25, 0.3) is 0 Å². The number of carbonyl (C=O) groups is 1. The molecular formula is C16H15F3N2O3. The minimum atomic E-state index is -4.42. The van der Waals surface area contributed by atoms with Crippen LogP contribution in [0.5, 0.6) is 11.5 Å². The van der Waals surface area contributed by atoms with Crippen molar-refractivity contribution in [1.29, 1.82) is 0 Å². The van der Waals surface area contributed by atoms with Gasteiger partial charge < -0.3 is 20.1 Å². The molecule has 0 saturated heterocycles. The number of anilines is 2. The third kappa shape index (κ3) is 4.31. The van der Waals surface area contributed by atoms with Crippen LogP contribution < -0.4 is 20.1 Å².